The van der Waals surface area contributed by atoms with Gasteiger partial charge in [-0.15, -0.1) is 0 Å². The minimum absolute atomic E-state index is 0.0320. The van der Waals surface area contributed by atoms with E-state index in [0.717, 1.165) is 16.5 Å². The lowest BCUT2D eigenvalue weighted by Crippen LogP contribution is -2.00. The molecule has 5 nitrogen and oxygen atoms in total. The molecule has 2 aromatic heterocycles. The normalized spacial score (nSPS) is 11.4. The van der Waals surface area contributed by atoms with Crippen LogP contribution in [0.2, 0.25) is 0 Å². The predicted octanol–water partition coefficient (Wildman–Crippen LogP) is 3.72. The molecule has 108 valence electrons. The van der Waals surface area contributed by atoms with Crippen LogP contribution in [0.1, 0.15) is 30.2 Å². The van der Waals surface area contributed by atoms with E-state index in [9.17, 15) is 9.90 Å². The number of rotatable bonds is 4. The van der Waals surface area contributed by atoms with Crippen molar-refractivity contribution in [3.63, 3.8) is 0 Å². The number of carboxylic acids is 1. The molecule has 0 aliphatic rings. The van der Waals surface area contributed by atoms with Crippen LogP contribution in [0.25, 0.3) is 22.2 Å². The molecule has 0 saturated heterocycles. The first-order chi connectivity index (χ1) is 10.1. The van der Waals surface area contributed by atoms with Gasteiger partial charge in [0.1, 0.15) is 0 Å². The molecule has 3 aromatic rings. The lowest BCUT2D eigenvalue weighted by Gasteiger charge is -1.98. The topological polar surface area (TPSA) is 79.1 Å². The molecule has 0 atom stereocenters. The number of aromatic carboxylic acids is 1. The minimum Gasteiger partial charge on any atom is -0.476 e. The second-order valence-electron chi connectivity index (χ2n) is 5.44. The van der Waals surface area contributed by atoms with Crippen molar-refractivity contribution < 1.29 is 14.3 Å². The first-order valence-electron chi connectivity index (χ1n) is 6.85. The van der Waals surface area contributed by atoms with E-state index in [1.165, 1.54) is 0 Å². The summed E-state index contributed by atoms with van der Waals surface area (Å²) in [7, 11) is 0. The summed E-state index contributed by atoms with van der Waals surface area (Å²) >= 11 is 0. The number of carboxylic acid groups (broad SMARTS) is 1. The van der Waals surface area contributed by atoms with Crippen LogP contribution in [0.15, 0.2) is 34.9 Å². The maximum Gasteiger partial charge on any atom is 0.358 e. The summed E-state index contributed by atoms with van der Waals surface area (Å²) in [5, 5.41) is 10.3. The summed E-state index contributed by atoms with van der Waals surface area (Å²) in [5.41, 5.74) is 1.63. The van der Waals surface area contributed by atoms with E-state index in [1.807, 2.05) is 38.1 Å². The fourth-order valence-electron chi connectivity index (χ4n) is 2.39. The number of nitrogens with zero attached hydrogens (tertiary/aromatic N) is 1. The Hall–Kier alpha value is -2.56. The molecule has 0 unspecified atom stereocenters. The van der Waals surface area contributed by atoms with Gasteiger partial charge in [0, 0.05) is 29.1 Å². The van der Waals surface area contributed by atoms with Crippen LogP contribution in [-0.2, 0) is 6.42 Å². The Morgan fingerprint density at radius 2 is 2.14 bits per heavy atom. The Labute approximate surface area is 121 Å². The zero-order valence-corrected chi connectivity index (χ0v) is 11.9. The Morgan fingerprint density at radius 3 is 2.86 bits per heavy atom. The van der Waals surface area contributed by atoms with E-state index in [4.69, 9.17) is 4.42 Å². The van der Waals surface area contributed by atoms with E-state index >= 15 is 0 Å². The zero-order valence-electron chi connectivity index (χ0n) is 11.9. The smallest absolute Gasteiger partial charge is 0.358 e. The molecule has 2 N–H and O–H groups in total. The Bertz CT molecular complexity index is 799. The van der Waals surface area contributed by atoms with Crippen molar-refractivity contribution in [2.45, 2.75) is 20.3 Å². The van der Waals surface area contributed by atoms with Gasteiger partial charge in [0.2, 0.25) is 0 Å². The number of hydrogen-bond acceptors (Lipinski definition) is 3. The fourth-order valence-corrected chi connectivity index (χ4v) is 2.39. The van der Waals surface area contributed by atoms with Gasteiger partial charge in [0.25, 0.3) is 0 Å². The standard InChI is InChI=1S/C16H16N2O3/c1-9(2)7-13-18-14(16(19)20)15(21-13)11-8-17-12-6-4-3-5-10(11)12/h3-6,8-9,17H,7H2,1-2H3,(H,19,20). The van der Waals surface area contributed by atoms with E-state index in [-0.39, 0.29) is 5.69 Å². The van der Waals surface area contributed by atoms with Crippen LogP contribution in [0, 0.1) is 5.92 Å². The number of para-hydroxylation sites is 1. The largest absolute Gasteiger partial charge is 0.476 e. The number of aromatic nitrogens is 2. The van der Waals surface area contributed by atoms with Crippen LogP contribution in [0.4, 0.5) is 0 Å². The molecular formula is C16H16N2O3. The van der Waals surface area contributed by atoms with E-state index in [0.29, 0.717) is 24.0 Å². The predicted molar refractivity (Wildman–Crippen MR) is 79.3 cm³/mol. The van der Waals surface area contributed by atoms with Crippen LogP contribution in [0.5, 0.6) is 0 Å². The molecule has 0 amide bonds. The van der Waals surface area contributed by atoms with Crippen molar-refractivity contribution in [3.8, 4) is 11.3 Å². The fraction of sp³-hybridized carbons (Fsp3) is 0.250. The molecule has 1 aromatic carbocycles. The van der Waals surface area contributed by atoms with E-state index in [2.05, 4.69) is 9.97 Å². The molecule has 2 heterocycles. The van der Waals surface area contributed by atoms with Crippen LogP contribution in [0.3, 0.4) is 0 Å². The average molecular weight is 284 g/mol. The van der Waals surface area contributed by atoms with Crippen LogP contribution in [-0.4, -0.2) is 21.0 Å². The number of carbonyl (C=O) groups is 1. The number of H-pyrrole nitrogens is 1. The Morgan fingerprint density at radius 1 is 1.38 bits per heavy atom. The molecule has 0 radical (unpaired) electrons. The Balaban J connectivity index is 2.16. The van der Waals surface area contributed by atoms with Crippen molar-refractivity contribution in [2.75, 3.05) is 0 Å². The van der Waals surface area contributed by atoms with Gasteiger partial charge in [0.15, 0.2) is 17.3 Å². The first-order valence-corrected chi connectivity index (χ1v) is 6.85. The molecule has 5 heteroatoms. The molecule has 21 heavy (non-hydrogen) atoms. The van der Waals surface area contributed by atoms with Crippen LogP contribution >= 0.6 is 0 Å². The van der Waals surface area contributed by atoms with E-state index in [1.54, 1.807) is 6.20 Å². The second kappa shape index (κ2) is 5.09. The van der Waals surface area contributed by atoms with Crippen molar-refractivity contribution >= 4 is 16.9 Å². The van der Waals surface area contributed by atoms with Gasteiger partial charge in [-0.1, -0.05) is 32.0 Å². The zero-order chi connectivity index (χ0) is 15.0. The maximum absolute atomic E-state index is 11.4. The summed E-state index contributed by atoms with van der Waals surface area (Å²) in [5.74, 6) is 0.0495. The highest BCUT2D eigenvalue weighted by atomic mass is 16.4. The summed E-state index contributed by atoms with van der Waals surface area (Å²) in [6.07, 6.45) is 2.37. The van der Waals surface area contributed by atoms with Gasteiger partial charge in [0.05, 0.1) is 0 Å². The maximum atomic E-state index is 11.4. The third-order valence-electron chi connectivity index (χ3n) is 3.29. The summed E-state index contributed by atoms with van der Waals surface area (Å²) in [6.45, 7) is 4.08. The minimum atomic E-state index is -1.07. The average Bonchev–Trinajstić information content (AvgIpc) is 3.01. The van der Waals surface area contributed by atoms with Gasteiger partial charge in [-0.2, -0.15) is 0 Å². The lowest BCUT2D eigenvalue weighted by molar-refractivity contribution is 0.0691. The molecule has 0 aliphatic carbocycles. The van der Waals surface area contributed by atoms with Gasteiger partial charge < -0.3 is 14.5 Å². The van der Waals surface area contributed by atoms with Gasteiger partial charge in [-0.25, -0.2) is 9.78 Å². The third kappa shape index (κ3) is 2.42. The molecule has 0 saturated carbocycles. The van der Waals surface area contributed by atoms with Crippen molar-refractivity contribution in [1.29, 1.82) is 0 Å². The molecular weight excluding hydrogens is 268 g/mol. The number of oxazole rings is 1. The van der Waals surface area contributed by atoms with Gasteiger partial charge >= 0.3 is 5.97 Å². The van der Waals surface area contributed by atoms with Crippen LogP contribution < -0.4 is 0 Å². The van der Waals surface area contributed by atoms with Crippen molar-refractivity contribution in [1.82, 2.24) is 9.97 Å². The highest BCUT2D eigenvalue weighted by Crippen LogP contribution is 2.32. The number of hydrogen-bond donors (Lipinski definition) is 2. The first kappa shape index (κ1) is 13.4. The summed E-state index contributed by atoms with van der Waals surface area (Å²) in [4.78, 5) is 18.7. The number of aromatic amines is 1. The molecule has 0 bridgehead atoms. The number of fused-ring (bicyclic) bond motifs is 1. The molecule has 0 fully saturated rings. The molecule has 3 rings (SSSR count). The quantitative estimate of drug-likeness (QED) is 0.765. The van der Waals surface area contributed by atoms with Crippen molar-refractivity contribution in [3.05, 3.63) is 42.0 Å². The molecule has 0 aliphatic heterocycles. The highest BCUT2D eigenvalue weighted by molar-refractivity contribution is 6.00. The molecule has 0 spiro atoms. The van der Waals surface area contributed by atoms with Gasteiger partial charge in [-0.05, 0) is 12.0 Å². The summed E-state index contributed by atoms with van der Waals surface area (Å²) < 4.78 is 5.73. The monoisotopic (exact) mass is 284 g/mol. The summed E-state index contributed by atoms with van der Waals surface area (Å²) in [6, 6.07) is 7.69. The SMILES string of the molecule is CC(C)Cc1nc(C(=O)O)c(-c2c[nH]c3ccccc23)o1. The van der Waals surface area contributed by atoms with Crippen molar-refractivity contribution in [2.24, 2.45) is 5.92 Å². The Kier molecular flexibility index (Phi) is 3.25. The number of benzene rings is 1. The third-order valence-corrected chi connectivity index (χ3v) is 3.29. The van der Waals surface area contributed by atoms with Gasteiger partial charge in [-0.3, -0.25) is 0 Å². The second-order valence-corrected chi connectivity index (χ2v) is 5.44. The highest BCUT2D eigenvalue weighted by Gasteiger charge is 2.23. The lowest BCUT2D eigenvalue weighted by atomic mass is 10.1. The number of nitrogens with one attached hydrogen (secondary N) is 1. The van der Waals surface area contributed by atoms with E-state index < -0.39 is 5.97 Å².